The van der Waals surface area contributed by atoms with Crippen LogP contribution in [0.15, 0.2) is 42.6 Å². The monoisotopic (exact) mass is 353 g/mol. The van der Waals surface area contributed by atoms with Gasteiger partial charge in [-0.2, -0.15) is 0 Å². The molecule has 5 nitrogen and oxygen atoms in total. The van der Waals surface area contributed by atoms with Crippen LogP contribution in [0.5, 0.6) is 5.75 Å². The first kappa shape index (κ1) is 18.2. The number of carbonyl (C=O) groups is 1. The van der Waals surface area contributed by atoms with Crippen LogP contribution in [0, 0.1) is 0 Å². The van der Waals surface area contributed by atoms with E-state index in [-0.39, 0.29) is 5.91 Å². The fraction of sp³-hybridized carbons (Fsp3) is 0.429. The molecular weight excluding hydrogens is 326 g/mol. The van der Waals surface area contributed by atoms with Crippen LogP contribution < -0.4 is 15.0 Å². The SMILES string of the molecule is COc1ccc(CCNC(=O)c2cc(N3CCCCCC3)ccn2)cc1. The van der Waals surface area contributed by atoms with Gasteiger partial charge in [0.2, 0.25) is 0 Å². The van der Waals surface area contributed by atoms with E-state index < -0.39 is 0 Å². The van der Waals surface area contributed by atoms with Crippen molar-refractivity contribution in [2.75, 3.05) is 31.6 Å². The van der Waals surface area contributed by atoms with Crippen molar-refractivity contribution in [3.05, 3.63) is 53.9 Å². The van der Waals surface area contributed by atoms with Crippen LogP contribution in [0.1, 0.15) is 41.7 Å². The summed E-state index contributed by atoms with van der Waals surface area (Å²) >= 11 is 0. The van der Waals surface area contributed by atoms with Crippen molar-refractivity contribution in [1.82, 2.24) is 10.3 Å². The summed E-state index contributed by atoms with van der Waals surface area (Å²) in [6.45, 7) is 2.70. The zero-order valence-corrected chi connectivity index (χ0v) is 15.4. The number of rotatable bonds is 6. The lowest BCUT2D eigenvalue weighted by atomic mass is 10.1. The van der Waals surface area contributed by atoms with Crippen molar-refractivity contribution >= 4 is 11.6 Å². The predicted octanol–water partition coefficient (Wildman–Crippen LogP) is 3.44. The molecule has 1 saturated heterocycles. The number of hydrogen-bond donors (Lipinski definition) is 1. The van der Waals surface area contributed by atoms with Crippen LogP contribution in [0.25, 0.3) is 0 Å². The van der Waals surface area contributed by atoms with Crippen molar-refractivity contribution in [1.29, 1.82) is 0 Å². The van der Waals surface area contributed by atoms with Crippen molar-refractivity contribution in [2.24, 2.45) is 0 Å². The lowest BCUT2D eigenvalue weighted by Crippen LogP contribution is -2.28. The Hall–Kier alpha value is -2.56. The Kier molecular flexibility index (Phi) is 6.47. The third kappa shape index (κ3) is 4.97. The van der Waals surface area contributed by atoms with Gasteiger partial charge in [-0.05, 0) is 49.1 Å². The van der Waals surface area contributed by atoms with Gasteiger partial charge in [-0.1, -0.05) is 25.0 Å². The van der Waals surface area contributed by atoms with Crippen molar-refractivity contribution in [3.8, 4) is 5.75 Å². The first-order valence-corrected chi connectivity index (χ1v) is 9.38. The average Bonchev–Trinajstić information content (AvgIpc) is 2.98. The Morgan fingerprint density at radius 3 is 2.54 bits per heavy atom. The smallest absolute Gasteiger partial charge is 0.269 e. The summed E-state index contributed by atoms with van der Waals surface area (Å²) in [5.74, 6) is 0.725. The maximum absolute atomic E-state index is 12.4. The van der Waals surface area contributed by atoms with E-state index in [9.17, 15) is 4.79 Å². The average molecular weight is 353 g/mol. The number of hydrogen-bond acceptors (Lipinski definition) is 4. The summed E-state index contributed by atoms with van der Waals surface area (Å²) in [7, 11) is 1.65. The molecule has 1 N–H and O–H groups in total. The first-order chi connectivity index (χ1) is 12.8. The second-order valence-corrected chi connectivity index (χ2v) is 6.65. The quantitative estimate of drug-likeness (QED) is 0.864. The van der Waals surface area contributed by atoms with Gasteiger partial charge in [0.25, 0.3) is 5.91 Å². The molecule has 2 heterocycles. The third-order valence-corrected chi connectivity index (χ3v) is 4.81. The maximum Gasteiger partial charge on any atom is 0.269 e. The topological polar surface area (TPSA) is 54.5 Å². The molecule has 0 saturated carbocycles. The van der Waals surface area contributed by atoms with Gasteiger partial charge in [-0.25, -0.2) is 0 Å². The first-order valence-electron chi connectivity index (χ1n) is 9.38. The van der Waals surface area contributed by atoms with E-state index in [2.05, 4.69) is 15.2 Å². The summed E-state index contributed by atoms with van der Waals surface area (Å²) in [6, 6.07) is 11.8. The minimum absolute atomic E-state index is 0.116. The number of amides is 1. The summed E-state index contributed by atoms with van der Waals surface area (Å²) in [6.07, 6.45) is 7.53. The normalized spacial score (nSPS) is 14.6. The Labute approximate surface area is 155 Å². The van der Waals surface area contributed by atoms with Gasteiger partial charge in [0.1, 0.15) is 11.4 Å². The highest BCUT2D eigenvalue weighted by molar-refractivity contribution is 5.93. The Morgan fingerprint density at radius 2 is 1.85 bits per heavy atom. The largest absolute Gasteiger partial charge is 0.497 e. The molecular formula is C21H27N3O2. The van der Waals surface area contributed by atoms with Gasteiger partial charge >= 0.3 is 0 Å². The van der Waals surface area contributed by atoms with Crippen LogP contribution in [0.4, 0.5) is 5.69 Å². The number of benzene rings is 1. The number of methoxy groups -OCH3 is 1. The van der Waals surface area contributed by atoms with Crippen LogP contribution in [-0.4, -0.2) is 37.6 Å². The van der Waals surface area contributed by atoms with Crippen LogP contribution in [0.3, 0.4) is 0 Å². The Morgan fingerprint density at radius 1 is 1.12 bits per heavy atom. The minimum Gasteiger partial charge on any atom is -0.497 e. The van der Waals surface area contributed by atoms with Gasteiger partial charge in [0, 0.05) is 31.5 Å². The second kappa shape index (κ2) is 9.22. The molecule has 0 unspecified atom stereocenters. The van der Waals surface area contributed by atoms with Crippen molar-refractivity contribution < 1.29 is 9.53 Å². The molecule has 26 heavy (non-hydrogen) atoms. The van der Waals surface area contributed by atoms with E-state index in [1.807, 2.05) is 36.4 Å². The minimum atomic E-state index is -0.116. The number of carbonyl (C=O) groups excluding carboxylic acids is 1. The molecule has 1 aliphatic rings. The Balaban J connectivity index is 1.54. The molecule has 1 aliphatic heterocycles. The summed E-state index contributed by atoms with van der Waals surface area (Å²) in [5, 5.41) is 2.97. The molecule has 0 aliphatic carbocycles. The maximum atomic E-state index is 12.4. The molecule has 1 aromatic heterocycles. The highest BCUT2D eigenvalue weighted by atomic mass is 16.5. The number of pyridine rings is 1. The van der Waals surface area contributed by atoms with Crippen LogP contribution >= 0.6 is 0 Å². The molecule has 1 amide bonds. The van der Waals surface area contributed by atoms with Gasteiger partial charge in [0.05, 0.1) is 7.11 Å². The van der Waals surface area contributed by atoms with Crippen molar-refractivity contribution in [3.63, 3.8) is 0 Å². The fourth-order valence-electron chi connectivity index (χ4n) is 3.27. The number of aromatic nitrogens is 1. The predicted molar refractivity (Wildman–Crippen MR) is 104 cm³/mol. The standard InChI is InChI=1S/C21H27N3O2/c1-26-19-8-6-17(7-9-19)10-12-23-21(25)20-16-18(11-13-22-20)24-14-4-2-3-5-15-24/h6-9,11,13,16H,2-5,10,12,14-15H2,1H3,(H,23,25). The number of ether oxygens (including phenoxy) is 1. The molecule has 0 radical (unpaired) electrons. The molecule has 0 bridgehead atoms. The number of nitrogens with zero attached hydrogens (tertiary/aromatic N) is 2. The molecule has 1 aromatic carbocycles. The highest BCUT2D eigenvalue weighted by Crippen LogP contribution is 2.19. The molecule has 2 aromatic rings. The van der Waals surface area contributed by atoms with E-state index in [0.29, 0.717) is 12.2 Å². The zero-order chi connectivity index (χ0) is 18.2. The van der Waals surface area contributed by atoms with Gasteiger partial charge in [-0.15, -0.1) is 0 Å². The van der Waals surface area contributed by atoms with Crippen molar-refractivity contribution in [2.45, 2.75) is 32.1 Å². The number of anilines is 1. The van der Waals surface area contributed by atoms with Gasteiger partial charge < -0.3 is 15.0 Å². The summed E-state index contributed by atoms with van der Waals surface area (Å²) in [4.78, 5) is 19.0. The van der Waals surface area contributed by atoms with E-state index >= 15 is 0 Å². The summed E-state index contributed by atoms with van der Waals surface area (Å²) < 4.78 is 5.16. The molecule has 3 rings (SSSR count). The molecule has 5 heteroatoms. The fourth-order valence-corrected chi connectivity index (χ4v) is 3.27. The van der Waals surface area contributed by atoms with E-state index in [1.165, 1.54) is 25.7 Å². The van der Waals surface area contributed by atoms with E-state index in [4.69, 9.17) is 4.74 Å². The third-order valence-electron chi connectivity index (χ3n) is 4.81. The number of nitrogens with one attached hydrogen (secondary N) is 1. The lowest BCUT2D eigenvalue weighted by molar-refractivity contribution is 0.0949. The van der Waals surface area contributed by atoms with Crippen LogP contribution in [0.2, 0.25) is 0 Å². The van der Waals surface area contributed by atoms with E-state index in [0.717, 1.165) is 36.5 Å². The molecule has 0 atom stereocenters. The lowest BCUT2D eigenvalue weighted by Gasteiger charge is -2.22. The second-order valence-electron chi connectivity index (χ2n) is 6.65. The highest BCUT2D eigenvalue weighted by Gasteiger charge is 2.13. The van der Waals surface area contributed by atoms with E-state index in [1.54, 1.807) is 13.3 Å². The van der Waals surface area contributed by atoms with Gasteiger partial charge in [0.15, 0.2) is 0 Å². The van der Waals surface area contributed by atoms with Crippen LogP contribution in [-0.2, 0) is 6.42 Å². The molecule has 1 fully saturated rings. The summed E-state index contributed by atoms with van der Waals surface area (Å²) in [5.41, 5.74) is 2.75. The molecule has 0 spiro atoms. The zero-order valence-electron chi connectivity index (χ0n) is 15.4. The Bertz CT molecular complexity index is 707. The molecule has 138 valence electrons. The van der Waals surface area contributed by atoms with Gasteiger partial charge in [-0.3, -0.25) is 9.78 Å².